The highest BCUT2D eigenvalue weighted by Crippen LogP contribution is 2.39. The fraction of sp³-hybridized carbons (Fsp3) is 0.193. The van der Waals surface area contributed by atoms with E-state index in [0.29, 0.717) is 50.9 Å². The van der Waals surface area contributed by atoms with Crippen molar-refractivity contribution >= 4 is 29.3 Å². The van der Waals surface area contributed by atoms with Crippen LogP contribution in [0.3, 0.4) is 0 Å². The standard InChI is InChI=1S/C57H50N2O6/c1-35-9-11-36(12-10-35)55(2,3)37-13-15-38(16-14-37)56(4,5)39-17-23-42(24-18-39)59-53(62)48-32-30-46(34-50(48)54(59)63)65-44-27-21-41(22-28-44)57(6,7)40-19-25-43(26-20-40)64-45-29-31-47-49(33-45)52(61)58(8)51(47)60/h9-34H,1-8H3. The average molecular weight is 859 g/mol. The van der Waals surface area contributed by atoms with E-state index < -0.39 is 5.91 Å². The number of carbonyl (C=O) groups is 4. The molecule has 7 aromatic rings. The van der Waals surface area contributed by atoms with Crippen molar-refractivity contribution in [3.05, 3.63) is 219 Å². The number of hydrogen-bond acceptors (Lipinski definition) is 6. The summed E-state index contributed by atoms with van der Waals surface area (Å²) in [6, 6.07) is 50.7. The summed E-state index contributed by atoms with van der Waals surface area (Å²) in [6.07, 6.45) is 0. The predicted molar refractivity (Wildman–Crippen MR) is 254 cm³/mol. The van der Waals surface area contributed by atoms with Crippen molar-refractivity contribution in [2.75, 3.05) is 11.9 Å². The van der Waals surface area contributed by atoms with E-state index in [0.717, 1.165) is 21.6 Å². The third kappa shape index (κ3) is 7.59. The molecule has 2 heterocycles. The molecule has 4 amide bonds. The quantitative estimate of drug-likeness (QED) is 0.120. The summed E-state index contributed by atoms with van der Waals surface area (Å²) in [7, 11) is 1.47. The van der Waals surface area contributed by atoms with Crippen molar-refractivity contribution in [1.29, 1.82) is 0 Å². The van der Waals surface area contributed by atoms with E-state index in [9.17, 15) is 19.2 Å². The zero-order valence-electron chi connectivity index (χ0n) is 37.9. The Bertz CT molecular complexity index is 3020. The Morgan fingerprint density at radius 2 is 0.646 bits per heavy atom. The first kappa shape index (κ1) is 42.7. The zero-order valence-corrected chi connectivity index (χ0v) is 37.9. The minimum atomic E-state index is -0.394. The molecule has 0 saturated heterocycles. The van der Waals surface area contributed by atoms with E-state index in [1.165, 1.54) is 34.2 Å². The van der Waals surface area contributed by atoms with Gasteiger partial charge in [-0.15, -0.1) is 0 Å². The number of amides is 4. The molecule has 9 rings (SSSR count). The Labute approximate surface area is 380 Å². The summed E-state index contributed by atoms with van der Waals surface area (Å²) in [6.45, 7) is 15.2. The molecule has 0 N–H and O–H groups in total. The number of imide groups is 2. The SMILES string of the molecule is Cc1ccc(C(C)(C)c2ccc(C(C)(C)c3ccc(N4C(=O)c5ccc(Oc6ccc(C(C)(C)c7ccc(Oc8ccc9c(c8)C(=O)N(C)C9=O)cc7)cc6)cc5C4=O)cc3)cc2)cc1. The Hall–Kier alpha value is -7.58. The van der Waals surface area contributed by atoms with Gasteiger partial charge in [-0.2, -0.15) is 0 Å². The number of rotatable bonds is 11. The maximum Gasteiger partial charge on any atom is 0.266 e. The van der Waals surface area contributed by atoms with Gasteiger partial charge in [-0.3, -0.25) is 24.1 Å². The molecule has 0 aromatic heterocycles. The molecule has 0 unspecified atom stereocenters. The Morgan fingerprint density at radius 3 is 1.06 bits per heavy atom. The van der Waals surface area contributed by atoms with Crippen LogP contribution in [-0.4, -0.2) is 35.6 Å². The first-order valence-electron chi connectivity index (χ1n) is 21.8. The highest BCUT2D eigenvalue weighted by Gasteiger charge is 2.38. The second-order valence-electron chi connectivity index (χ2n) is 18.6. The molecule has 0 atom stereocenters. The molecule has 0 saturated carbocycles. The number of carbonyl (C=O) groups excluding carboxylic acids is 4. The summed E-state index contributed by atoms with van der Waals surface area (Å²) >= 11 is 0. The van der Waals surface area contributed by atoms with Crippen molar-refractivity contribution in [3.63, 3.8) is 0 Å². The van der Waals surface area contributed by atoms with Gasteiger partial charge in [-0.25, -0.2) is 4.90 Å². The van der Waals surface area contributed by atoms with Crippen LogP contribution in [0, 0.1) is 6.92 Å². The maximum atomic E-state index is 13.8. The Morgan fingerprint density at radius 1 is 0.354 bits per heavy atom. The van der Waals surface area contributed by atoms with Crippen molar-refractivity contribution < 1.29 is 28.7 Å². The normalized spacial score (nSPS) is 13.9. The van der Waals surface area contributed by atoms with Crippen LogP contribution < -0.4 is 14.4 Å². The molecule has 65 heavy (non-hydrogen) atoms. The van der Waals surface area contributed by atoms with E-state index in [1.54, 1.807) is 36.4 Å². The van der Waals surface area contributed by atoms with Gasteiger partial charge in [0.2, 0.25) is 0 Å². The van der Waals surface area contributed by atoms with Gasteiger partial charge in [0.05, 0.1) is 27.9 Å². The number of anilines is 1. The minimum absolute atomic E-state index is 0.143. The lowest BCUT2D eigenvalue weighted by atomic mass is 9.74. The predicted octanol–water partition coefficient (Wildman–Crippen LogP) is 12.6. The van der Waals surface area contributed by atoms with Gasteiger partial charge in [0.1, 0.15) is 23.0 Å². The van der Waals surface area contributed by atoms with Crippen molar-refractivity contribution in [1.82, 2.24) is 4.90 Å². The fourth-order valence-electron chi connectivity index (χ4n) is 8.87. The van der Waals surface area contributed by atoms with E-state index in [-0.39, 0.29) is 34.0 Å². The third-order valence-corrected chi connectivity index (χ3v) is 13.5. The van der Waals surface area contributed by atoms with Gasteiger partial charge in [0, 0.05) is 23.3 Å². The second-order valence-corrected chi connectivity index (χ2v) is 18.6. The lowest BCUT2D eigenvalue weighted by Gasteiger charge is -2.30. The smallest absolute Gasteiger partial charge is 0.266 e. The number of benzene rings is 7. The van der Waals surface area contributed by atoms with E-state index >= 15 is 0 Å². The van der Waals surface area contributed by atoms with Crippen LogP contribution in [0.4, 0.5) is 5.69 Å². The lowest BCUT2D eigenvalue weighted by Crippen LogP contribution is -2.29. The molecule has 0 bridgehead atoms. The molecule has 2 aliphatic rings. The minimum Gasteiger partial charge on any atom is -0.457 e. The van der Waals surface area contributed by atoms with Gasteiger partial charge in [-0.05, 0) is 113 Å². The molecule has 0 aliphatic carbocycles. The van der Waals surface area contributed by atoms with Crippen molar-refractivity contribution in [2.45, 2.75) is 64.7 Å². The van der Waals surface area contributed by atoms with Crippen LogP contribution in [0.1, 0.15) is 122 Å². The fourth-order valence-corrected chi connectivity index (χ4v) is 8.87. The van der Waals surface area contributed by atoms with Crippen LogP contribution in [0.15, 0.2) is 158 Å². The summed E-state index contributed by atoms with van der Waals surface area (Å²) in [5, 5.41) is 0. The first-order chi connectivity index (χ1) is 30.9. The molecular weight excluding hydrogens is 809 g/mol. The topological polar surface area (TPSA) is 93.2 Å². The van der Waals surface area contributed by atoms with Crippen LogP contribution in [0.5, 0.6) is 23.0 Å². The first-order valence-corrected chi connectivity index (χ1v) is 21.8. The second kappa shape index (κ2) is 15.9. The Kier molecular flexibility index (Phi) is 10.4. The van der Waals surface area contributed by atoms with E-state index in [4.69, 9.17) is 9.47 Å². The van der Waals surface area contributed by atoms with E-state index in [2.05, 4.69) is 97.0 Å². The number of hydrogen-bond donors (Lipinski definition) is 0. The third-order valence-electron chi connectivity index (χ3n) is 13.5. The van der Waals surface area contributed by atoms with Crippen LogP contribution >= 0.6 is 0 Å². The highest BCUT2D eigenvalue weighted by atomic mass is 16.5. The van der Waals surface area contributed by atoms with Gasteiger partial charge in [0.25, 0.3) is 23.6 Å². The Balaban J connectivity index is 0.844. The summed E-state index contributed by atoms with van der Waals surface area (Å²) in [5.41, 5.74) is 9.11. The molecule has 324 valence electrons. The maximum absolute atomic E-state index is 13.8. The van der Waals surface area contributed by atoms with Crippen molar-refractivity contribution in [2.24, 2.45) is 0 Å². The highest BCUT2D eigenvalue weighted by molar-refractivity contribution is 6.34. The van der Waals surface area contributed by atoms with Crippen molar-refractivity contribution in [3.8, 4) is 23.0 Å². The van der Waals surface area contributed by atoms with Crippen LogP contribution in [0.25, 0.3) is 0 Å². The average Bonchev–Trinajstić information content (AvgIpc) is 3.68. The number of ether oxygens (including phenoxy) is 2. The molecular formula is C57H50N2O6. The molecule has 0 fully saturated rings. The number of aryl methyl sites for hydroxylation is 1. The van der Waals surface area contributed by atoms with Gasteiger partial charge >= 0.3 is 0 Å². The monoisotopic (exact) mass is 858 g/mol. The van der Waals surface area contributed by atoms with Crippen LogP contribution in [-0.2, 0) is 16.2 Å². The van der Waals surface area contributed by atoms with Crippen LogP contribution in [0.2, 0.25) is 0 Å². The molecule has 7 aromatic carbocycles. The summed E-state index contributed by atoms with van der Waals surface area (Å²) in [4.78, 5) is 54.6. The summed E-state index contributed by atoms with van der Waals surface area (Å²) in [5.74, 6) is 0.691. The largest absolute Gasteiger partial charge is 0.457 e. The zero-order chi connectivity index (χ0) is 46.0. The van der Waals surface area contributed by atoms with Gasteiger partial charge in [0.15, 0.2) is 0 Å². The summed E-state index contributed by atoms with van der Waals surface area (Å²) < 4.78 is 12.3. The molecule has 8 heteroatoms. The molecule has 0 radical (unpaired) electrons. The van der Waals surface area contributed by atoms with Gasteiger partial charge < -0.3 is 9.47 Å². The number of nitrogens with zero attached hydrogens (tertiary/aromatic N) is 2. The lowest BCUT2D eigenvalue weighted by molar-refractivity contribution is 0.0692. The number of fused-ring (bicyclic) bond motifs is 2. The molecule has 2 aliphatic heterocycles. The van der Waals surface area contributed by atoms with Gasteiger partial charge in [-0.1, -0.05) is 132 Å². The molecule has 8 nitrogen and oxygen atoms in total. The van der Waals surface area contributed by atoms with E-state index in [1.807, 2.05) is 72.8 Å². The molecule has 0 spiro atoms.